The van der Waals surface area contributed by atoms with Crippen molar-refractivity contribution in [3.8, 4) is 17.2 Å². The van der Waals surface area contributed by atoms with Crippen molar-refractivity contribution in [2.45, 2.75) is 32.6 Å². The fraction of sp³-hybridized carbons (Fsp3) is 0.324. The number of benzene rings is 3. The van der Waals surface area contributed by atoms with Gasteiger partial charge in [-0.25, -0.2) is 4.90 Å². The second-order valence-electron chi connectivity index (χ2n) is 12.9. The molecular weight excluding hydrogens is 600 g/mol. The molecule has 0 radical (unpaired) electrons. The number of rotatable bonds is 6. The zero-order chi connectivity index (χ0) is 33.4. The fourth-order valence-corrected chi connectivity index (χ4v) is 8.46. The van der Waals surface area contributed by atoms with Crippen LogP contribution in [0.15, 0.2) is 78.4 Å². The smallest absolute Gasteiger partial charge is 0.241 e. The summed E-state index contributed by atoms with van der Waals surface area (Å²) in [5.74, 6) is -4.76. The van der Waals surface area contributed by atoms with Crippen molar-refractivity contribution in [3.05, 3.63) is 89.5 Å². The number of carbonyl (C=O) groups excluding carboxylic acids is 5. The summed E-state index contributed by atoms with van der Waals surface area (Å²) in [5, 5.41) is 10.5. The average Bonchev–Trinajstić information content (AvgIpc) is 3.44. The third kappa shape index (κ3) is 4.27. The molecule has 3 aromatic rings. The molecular formula is C37H34N2O8. The van der Waals surface area contributed by atoms with Gasteiger partial charge in [0.05, 0.1) is 48.8 Å². The Hall–Kier alpha value is -5.25. The number of anilines is 2. The van der Waals surface area contributed by atoms with Crippen LogP contribution >= 0.6 is 0 Å². The largest absolute Gasteiger partial charge is 0.508 e. The number of hydrogen-bond acceptors (Lipinski definition) is 8. The van der Waals surface area contributed by atoms with Crippen molar-refractivity contribution < 1.29 is 38.6 Å². The molecule has 4 amide bonds. The molecule has 2 aliphatic carbocycles. The van der Waals surface area contributed by atoms with Crippen LogP contribution in [0.1, 0.15) is 48.5 Å². The van der Waals surface area contributed by atoms with Crippen LogP contribution in [0, 0.1) is 29.1 Å². The van der Waals surface area contributed by atoms with Gasteiger partial charge in [-0.05, 0) is 69.0 Å². The Bertz CT molecular complexity index is 1860. The minimum absolute atomic E-state index is 0.100. The van der Waals surface area contributed by atoms with Gasteiger partial charge in [0.1, 0.15) is 17.2 Å². The maximum absolute atomic E-state index is 14.6. The number of Topliss-reactive ketones (excluding diaryl/α,β-unsaturated/α-hetero) is 1. The Morgan fingerprint density at radius 2 is 1.45 bits per heavy atom. The van der Waals surface area contributed by atoms with E-state index in [0.29, 0.717) is 22.5 Å². The number of para-hydroxylation sites is 1. The van der Waals surface area contributed by atoms with Gasteiger partial charge in [0.15, 0.2) is 5.78 Å². The molecule has 0 spiro atoms. The van der Waals surface area contributed by atoms with Gasteiger partial charge in [-0.15, -0.1) is 0 Å². The third-order valence-electron chi connectivity index (χ3n) is 10.6. The predicted molar refractivity (Wildman–Crippen MR) is 171 cm³/mol. The number of nitrogens with zero attached hydrogens (tertiary/aromatic N) is 2. The SMILES string of the molecule is COc1cc(O)cc(OC)c1C1C2=CCC3C(=O)N(c4ccc(C(C)=O)cc4)C(=O)C3C2CC2C(=O)N(c3ccccc3)C(=O)C21C. The molecule has 7 rings (SSSR count). The summed E-state index contributed by atoms with van der Waals surface area (Å²) in [6.07, 6.45) is 2.39. The number of carbonyl (C=O) groups is 5. The quantitative estimate of drug-likeness (QED) is 0.227. The molecule has 0 aromatic heterocycles. The molecule has 1 saturated carbocycles. The zero-order valence-electron chi connectivity index (χ0n) is 26.4. The summed E-state index contributed by atoms with van der Waals surface area (Å²) in [6, 6.07) is 18.0. The Balaban J connectivity index is 1.39. The van der Waals surface area contributed by atoms with Crippen molar-refractivity contribution in [2.75, 3.05) is 24.0 Å². The maximum Gasteiger partial charge on any atom is 0.241 e. The van der Waals surface area contributed by atoms with E-state index in [1.54, 1.807) is 61.5 Å². The molecule has 0 bridgehead atoms. The van der Waals surface area contributed by atoms with Crippen LogP contribution in [0.25, 0.3) is 0 Å². The van der Waals surface area contributed by atoms with E-state index in [2.05, 4.69) is 0 Å². The monoisotopic (exact) mass is 634 g/mol. The molecule has 3 aromatic carbocycles. The van der Waals surface area contributed by atoms with Crippen molar-refractivity contribution in [1.82, 2.24) is 0 Å². The summed E-state index contributed by atoms with van der Waals surface area (Å²) in [7, 11) is 2.91. The number of amides is 4. The van der Waals surface area contributed by atoms with Gasteiger partial charge in [0, 0.05) is 29.2 Å². The number of hydrogen-bond donors (Lipinski definition) is 1. The molecule has 2 heterocycles. The van der Waals surface area contributed by atoms with E-state index in [1.807, 2.05) is 6.08 Å². The molecule has 1 N–H and O–H groups in total. The lowest BCUT2D eigenvalue weighted by Gasteiger charge is -2.49. The highest BCUT2D eigenvalue weighted by Crippen LogP contribution is 2.65. The van der Waals surface area contributed by atoms with Crippen LogP contribution in [0.2, 0.25) is 0 Å². The highest BCUT2D eigenvalue weighted by atomic mass is 16.5. The van der Waals surface area contributed by atoms with Crippen LogP contribution in [0.4, 0.5) is 11.4 Å². The highest BCUT2D eigenvalue weighted by molar-refractivity contribution is 6.25. The van der Waals surface area contributed by atoms with Gasteiger partial charge in [-0.3, -0.25) is 28.9 Å². The van der Waals surface area contributed by atoms with Gasteiger partial charge in [0.25, 0.3) is 0 Å². The van der Waals surface area contributed by atoms with Crippen LogP contribution in [0.3, 0.4) is 0 Å². The Kier molecular flexibility index (Phi) is 7.07. The first kappa shape index (κ1) is 30.4. The first-order valence-corrected chi connectivity index (χ1v) is 15.6. The summed E-state index contributed by atoms with van der Waals surface area (Å²) in [5.41, 5.74) is 1.23. The second kappa shape index (κ2) is 10.9. The van der Waals surface area contributed by atoms with Crippen molar-refractivity contribution >= 4 is 40.8 Å². The number of phenols is 1. The second-order valence-corrected chi connectivity index (χ2v) is 12.9. The van der Waals surface area contributed by atoms with Gasteiger partial charge in [0.2, 0.25) is 23.6 Å². The van der Waals surface area contributed by atoms with Gasteiger partial charge in [-0.2, -0.15) is 0 Å². The molecule has 10 nitrogen and oxygen atoms in total. The van der Waals surface area contributed by atoms with E-state index in [-0.39, 0.29) is 59.5 Å². The number of methoxy groups -OCH3 is 2. The van der Waals surface area contributed by atoms with Crippen molar-refractivity contribution in [3.63, 3.8) is 0 Å². The minimum atomic E-state index is -1.31. The molecule has 47 heavy (non-hydrogen) atoms. The Morgan fingerprint density at radius 3 is 2.04 bits per heavy atom. The lowest BCUT2D eigenvalue weighted by Crippen LogP contribution is -2.49. The molecule has 2 saturated heterocycles. The van der Waals surface area contributed by atoms with Crippen LogP contribution < -0.4 is 19.3 Å². The highest BCUT2D eigenvalue weighted by Gasteiger charge is 2.68. The standard InChI is InChI=1S/C37H34N2O8/c1-19(40)20-10-12-22(13-11-20)38-33(42)25-15-14-24-26(30(25)35(38)44)18-27-34(43)39(21-8-6-5-7-9-21)36(45)37(27,2)32(24)31-28(46-3)16-23(41)17-29(31)47-4/h5-14,16-17,25-27,30,32,41H,15,18H2,1-4H3. The number of aromatic hydroxyl groups is 1. The molecule has 6 unspecified atom stereocenters. The maximum atomic E-state index is 14.6. The number of ether oxygens (including phenoxy) is 2. The van der Waals surface area contributed by atoms with Gasteiger partial charge in [-0.1, -0.05) is 29.8 Å². The molecule has 6 atom stereocenters. The van der Waals surface area contributed by atoms with Crippen molar-refractivity contribution in [1.29, 1.82) is 0 Å². The lowest BCUT2D eigenvalue weighted by molar-refractivity contribution is -0.131. The molecule has 240 valence electrons. The molecule has 2 aliphatic heterocycles. The molecule has 10 heteroatoms. The number of allylic oxidation sites excluding steroid dienone is 2. The van der Waals surface area contributed by atoms with Gasteiger partial charge >= 0.3 is 0 Å². The average molecular weight is 635 g/mol. The number of phenolic OH excluding ortho intramolecular Hbond substituents is 1. The first-order chi connectivity index (χ1) is 22.5. The predicted octanol–water partition coefficient (Wildman–Crippen LogP) is 5.05. The van der Waals surface area contributed by atoms with Crippen LogP contribution in [0.5, 0.6) is 17.2 Å². The zero-order valence-corrected chi connectivity index (χ0v) is 26.4. The van der Waals surface area contributed by atoms with Crippen LogP contribution in [-0.2, 0) is 19.2 Å². The van der Waals surface area contributed by atoms with Crippen LogP contribution in [-0.4, -0.2) is 48.7 Å². The van der Waals surface area contributed by atoms with E-state index >= 15 is 0 Å². The third-order valence-corrected chi connectivity index (χ3v) is 10.6. The molecule has 3 fully saturated rings. The molecule has 4 aliphatic rings. The Labute approximate surface area is 271 Å². The van der Waals surface area contributed by atoms with E-state index in [1.165, 1.54) is 43.1 Å². The van der Waals surface area contributed by atoms with E-state index in [0.717, 1.165) is 5.57 Å². The lowest BCUT2D eigenvalue weighted by atomic mass is 9.51. The number of fused-ring (bicyclic) bond motifs is 4. The Morgan fingerprint density at radius 1 is 0.830 bits per heavy atom. The number of ketones is 1. The first-order valence-electron chi connectivity index (χ1n) is 15.6. The van der Waals surface area contributed by atoms with E-state index in [4.69, 9.17) is 9.47 Å². The number of imide groups is 2. The van der Waals surface area contributed by atoms with E-state index in [9.17, 15) is 29.1 Å². The summed E-state index contributed by atoms with van der Waals surface area (Å²) >= 11 is 0. The fourth-order valence-electron chi connectivity index (χ4n) is 8.46. The van der Waals surface area contributed by atoms with Crippen molar-refractivity contribution in [2.24, 2.45) is 29.1 Å². The van der Waals surface area contributed by atoms with Gasteiger partial charge < -0.3 is 14.6 Å². The summed E-state index contributed by atoms with van der Waals surface area (Å²) < 4.78 is 11.5. The van der Waals surface area contributed by atoms with E-state index < -0.39 is 35.0 Å². The summed E-state index contributed by atoms with van der Waals surface area (Å²) in [6.45, 7) is 3.23. The topological polar surface area (TPSA) is 131 Å². The normalized spacial score (nSPS) is 28.1. The minimum Gasteiger partial charge on any atom is -0.508 e. The summed E-state index contributed by atoms with van der Waals surface area (Å²) in [4.78, 5) is 71.5.